The standard InChI is InChI=1S/C11H20N2O4/c1-8(10(14)15)7-13(2)11(16)12-6-9-4-3-5-17-9/h8-9H,3-7H2,1-2H3,(H,12,16)(H,14,15). The molecule has 1 aliphatic heterocycles. The number of ether oxygens (including phenoxy) is 1. The molecule has 1 fully saturated rings. The van der Waals surface area contributed by atoms with Crippen LogP contribution >= 0.6 is 0 Å². The number of carbonyl (C=O) groups excluding carboxylic acids is 1. The van der Waals surface area contributed by atoms with E-state index in [9.17, 15) is 9.59 Å². The highest BCUT2D eigenvalue weighted by atomic mass is 16.5. The maximum atomic E-state index is 11.6. The third-order valence-electron chi connectivity index (χ3n) is 2.82. The summed E-state index contributed by atoms with van der Waals surface area (Å²) in [5.74, 6) is -1.46. The van der Waals surface area contributed by atoms with E-state index < -0.39 is 11.9 Å². The summed E-state index contributed by atoms with van der Waals surface area (Å²) in [6.07, 6.45) is 2.10. The average Bonchev–Trinajstić information content (AvgIpc) is 2.78. The van der Waals surface area contributed by atoms with Crippen LogP contribution in [-0.2, 0) is 9.53 Å². The third-order valence-corrected chi connectivity index (χ3v) is 2.82. The Morgan fingerprint density at radius 1 is 1.59 bits per heavy atom. The van der Waals surface area contributed by atoms with E-state index in [0.717, 1.165) is 19.4 Å². The SMILES string of the molecule is CC(CN(C)C(=O)NCC1CCCO1)C(=O)O. The van der Waals surface area contributed by atoms with Gasteiger partial charge in [-0.15, -0.1) is 0 Å². The Morgan fingerprint density at radius 2 is 2.29 bits per heavy atom. The second kappa shape index (κ2) is 6.44. The lowest BCUT2D eigenvalue weighted by atomic mass is 10.2. The lowest BCUT2D eigenvalue weighted by Crippen LogP contribution is -2.43. The second-order valence-electron chi connectivity index (χ2n) is 4.44. The molecule has 1 saturated heterocycles. The van der Waals surface area contributed by atoms with Crippen LogP contribution in [0.25, 0.3) is 0 Å². The Kier molecular flexibility index (Phi) is 5.21. The molecule has 0 aromatic heterocycles. The van der Waals surface area contributed by atoms with E-state index in [2.05, 4.69) is 5.32 Å². The van der Waals surface area contributed by atoms with Crippen molar-refractivity contribution >= 4 is 12.0 Å². The van der Waals surface area contributed by atoms with Crippen LogP contribution in [0.4, 0.5) is 4.79 Å². The summed E-state index contributed by atoms with van der Waals surface area (Å²) in [6.45, 7) is 3.02. The zero-order valence-corrected chi connectivity index (χ0v) is 10.3. The minimum Gasteiger partial charge on any atom is -0.481 e. The van der Waals surface area contributed by atoms with E-state index in [1.165, 1.54) is 4.90 Å². The highest BCUT2D eigenvalue weighted by molar-refractivity contribution is 5.75. The van der Waals surface area contributed by atoms with Gasteiger partial charge in [-0.2, -0.15) is 0 Å². The summed E-state index contributed by atoms with van der Waals surface area (Å²) in [5, 5.41) is 11.5. The maximum absolute atomic E-state index is 11.6. The van der Waals surface area contributed by atoms with Crippen molar-refractivity contribution in [2.24, 2.45) is 5.92 Å². The fourth-order valence-corrected chi connectivity index (χ4v) is 1.71. The van der Waals surface area contributed by atoms with Crippen LogP contribution in [0.2, 0.25) is 0 Å². The molecule has 2 atom stereocenters. The molecule has 6 nitrogen and oxygen atoms in total. The van der Waals surface area contributed by atoms with Crippen LogP contribution in [0.1, 0.15) is 19.8 Å². The van der Waals surface area contributed by atoms with Crippen molar-refractivity contribution in [3.63, 3.8) is 0 Å². The largest absolute Gasteiger partial charge is 0.481 e. The van der Waals surface area contributed by atoms with E-state index in [1.807, 2.05) is 0 Å². The molecule has 98 valence electrons. The molecule has 0 aromatic rings. The van der Waals surface area contributed by atoms with Gasteiger partial charge in [0.15, 0.2) is 0 Å². The van der Waals surface area contributed by atoms with E-state index in [1.54, 1.807) is 14.0 Å². The van der Waals surface area contributed by atoms with Gasteiger partial charge in [-0.25, -0.2) is 4.79 Å². The molecule has 17 heavy (non-hydrogen) atoms. The van der Waals surface area contributed by atoms with Gasteiger partial charge in [0.05, 0.1) is 12.0 Å². The molecule has 2 N–H and O–H groups in total. The van der Waals surface area contributed by atoms with Gasteiger partial charge < -0.3 is 20.1 Å². The molecule has 0 saturated carbocycles. The van der Waals surface area contributed by atoms with Gasteiger partial charge in [0.25, 0.3) is 0 Å². The number of urea groups is 1. The van der Waals surface area contributed by atoms with Crippen molar-refractivity contribution in [2.45, 2.75) is 25.9 Å². The number of aliphatic carboxylic acids is 1. The molecular weight excluding hydrogens is 224 g/mol. The van der Waals surface area contributed by atoms with Gasteiger partial charge in [-0.05, 0) is 12.8 Å². The number of nitrogens with zero attached hydrogens (tertiary/aromatic N) is 1. The first-order chi connectivity index (χ1) is 8.00. The lowest BCUT2D eigenvalue weighted by molar-refractivity contribution is -0.141. The Balaban J connectivity index is 2.23. The number of carboxylic acid groups (broad SMARTS) is 1. The maximum Gasteiger partial charge on any atom is 0.317 e. The van der Waals surface area contributed by atoms with E-state index in [0.29, 0.717) is 6.54 Å². The molecule has 1 heterocycles. The smallest absolute Gasteiger partial charge is 0.317 e. The van der Waals surface area contributed by atoms with Gasteiger partial charge >= 0.3 is 12.0 Å². The number of carbonyl (C=O) groups is 2. The molecule has 2 unspecified atom stereocenters. The highest BCUT2D eigenvalue weighted by Crippen LogP contribution is 2.10. The zero-order valence-electron chi connectivity index (χ0n) is 10.3. The van der Waals surface area contributed by atoms with Gasteiger partial charge in [0, 0.05) is 26.7 Å². The molecule has 2 amide bonds. The van der Waals surface area contributed by atoms with Crippen molar-refractivity contribution in [1.82, 2.24) is 10.2 Å². The molecule has 1 rings (SSSR count). The first kappa shape index (κ1) is 13.8. The predicted octanol–water partition coefficient (Wildman–Crippen LogP) is 0.527. The number of amides is 2. The zero-order chi connectivity index (χ0) is 12.8. The van der Waals surface area contributed by atoms with Crippen molar-refractivity contribution in [1.29, 1.82) is 0 Å². The van der Waals surface area contributed by atoms with Crippen LogP contribution in [-0.4, -0.2) is 54.9 Å². The number of hydrogen-bond donors (Lipinski definition) is 2. The Morgan fingerprint density at radius 3 is 2.82 bits per heavy atom. The van der Waals surface area contributed by atoms with E-state index in [-0.39, 0.29) is 18.7 Å². The molecule has 0 aliphatic carbocycles. The van der Waals surface area contributed by atoms with Gasteiger partial charge in [0.2, 0.25) is 0 Å². The molecular formula is C11H20N2O4. The third kappa shape index (κ3) is 4.60. The number of nitrogens with one attached hydrogen (secondary N) is 1. The monoisotopic (exact) mass is 244 g/mol. The molecule has 0 aromatic carbocycles. The van der Waals surface area contributed by atoms with Crippen LogP contribution in [0, 0.1) is 5.92 Å². The quantitative estimate of drug-likeness (QED) is 0.739. The lowest BCUT2D eigenvalue weighted by Gasteiger charge is -2.21. The van der Waals surface area contributed by atoms with E-state index >= 15 is 0 Å². The predicted molar refractivity (Wildman–Crippen MR) is 61.8 cm³/mol. The molecule has 0 bridgehead atoms. The Labute approximate surface area is 101 Å². The molecule has 0 radical (unpaired) electrons. The van der Waals surface area contributed by atoms with Crippen molar-refractivity contribution in [2.75, 3.05) is 26.7 Å². The van der Waals surface area contributed by atoms with E-state index in [4.69, 9.17) is 9.84 Å². The average molecular weight is 244 g/mol. The first-order valence-electron chi connectivity index (χ1n) is 5.84. The van der Waals surface area contributed by atoms with Crippen LogP contribution in [0.3, 0.4) is 0 Å². The van der Waals surface area contributed by atoms with Gasteiger partial charge in [-0.3, -0.25) is 4.79 Å². The van der Waals surface area contributed by atoms with Crippen LogP contribution in [0.5, 0.6) is 0 Å². The summed E-state index contributed by atoms with van der Waals surface area (Å²) in [4.78, 5) is 23.7. The summed E-state index contributed by atoms with van der Waals surface area (Å²) >= 11 is 0. The molecule has 1 aliphatic rings. The second-order valence-corrected chi connectivity index (χ2v) is 4.44. The molecule has 6 heteroatoms. The first-order valence-corrected chi connectivity index (χ1v) is 5.84. The minimum absolute atomic E-state index is 0.101. The van der Waals surface area contributed by atoms with Crippen LogP contribution in [0.15, 0.2) is 0 Å². The summed E-state index contributed by atoms with van der Waals surface area (Å²) in [5.41, 5.74) is 0. The number of carboxylic acids is 1. The van der Waals surface area contributed by atoms with Crippen molar-refractivity contribution < 1.29 is 19.4 Å². The van der Waals surface area contributed by atoms with Crippen molar-refractivity contribution in [3.8, 4) is 0 Å². The number of rotatable bonds is 5. The highest BCUT2D eigenvalue weighted by Gasteiger charge is 2.19. The topological polar surface area (TPSA) is 78.9 Å². The summed E-state index contributed by atoms with van der Waals surface area (Å²) in [7, 11) is 1.59. The fraction of sp³-hybridized carbons (Fsp3) is 0.818. The van der Waals surface area contributed by atoms with Gasteiger partial charge in [0.1, 0.15) is 0 Å². The normalized spacial score (nSPS) is 20.9. The fourth-order valence-electron chi connectivity index (χ4n) is 1.71. The number of hydrogen-bond acceptors (Lipinski definition) is 3. The summed E-state index contributed by atoms with van der Waals surface area (Å²) in [6, 6.07) is -0.256. The summed E-state index contributed by atoms with van der Waals surface area (Å²) < 4.78 is 5.38. The van der Waals surface area contributed by atoms with Crippen molar-refractivity contribution in [3.05, 3.63) is 0 Å². The Bertz CT molecular complexity index is 277. The van der Waals surface area contributed by atoms with Crippen LogP contribution < -0.4 is 5.32 Å². The van der Waals surface area contributed by atoms with Gasteiger partial charge in [-0.1, -0.05) is 6.92 Å². The molecule has 0 spiro atoms. The minimum atomic E-state index is -0.899. The Hall–Kier alpha value is -1.30.